The fraction of sp³-hybridized carbons (Fsp3) is 0.353. The van der Waals surface area contributed by atoms with Crippen LogP contribution in [0.25, 0.3) is 10.8 Å². The summed E-state index contributed by atoms with van der Waals surface area (Å²) >= 11 is 0. The summed E-state index contributed by atoms with van der Waals surface area (Å²) in [5, 5.41) is 2.46. The number of carbonyl (C=O) groups excluding carboxylic acids is 1. The molecule has 0 fully saturated rings. The molecule has 0 saturated carbocycles. The van der Waals surface area contributed by atoms with Gasteiger partial charge < -0.3 is 4.90 Å². The zero-order valence-corrected chi connectivity index (χ0v) is 11.9. The second-order valence-corrected chi connectivity index (χ2v) is 5.49. The quantitative estimate of drug-likeness (QED) is 0.812. The predicted molar refractivity (Wildman–Crippen MR) is 79.9 cm³/mol. The van der Waals surface area contributed by atoms with Gasteiger partial charge >= 0.3 is 0 Å². The molecule has 2 rings (SSSR count). The summed E-state index contributed by atoms with van der Waals surface area (Å²) in [6.07, 6.45) is 0.612. The Morgan fingerprint density at radius 2 is 1.79 bits per heavy atom. The van der Waals surface area contributed by atoms with Crippen molar-refractivity contribution in [3.63, 3.8) is 0 Å². The van der Waals surface area contributed by atoms with Gasteiger partial charge in [0.1, 0.15) is 0 Å². The second kappa shape index (κ2) is 5.87. The van der Waals surface area contributed by atoms with Crippen molar-refractivity contribution in [1.29, 1.82) is 0 Å². The molecule has 0 saturated heterocycles. The zero-order valence-electron chi connectivity index (χ0n) is 11.9. The summed E-state index contributed by atoms with van der Waals surface area (Å²) in [6, 6.07) is 14.6. The van der Waals surface area contributed by atoms with Gasteiger partial charge in [-0.15, -0.1) is 0 Å². The molecule has 0 spiro atoms. The largest absolute Gasteiger partial charge is 0.341 e. The van der Waals surface area contributed by atoms with Crippen LogP contribution in [0, 0.1) is 5.92 Å². The number of nitrogens with zero attached hydrogens (tertiary/aromatic N) is 1. The monoisotopic (exact) mass is 255 g/mol. The van der Waals surface area contributed by atoms with Gasteiger partial charge in [0, 0.05) is 20.0 Å². The molecule has 2 nitrogen and oxygen atoms in total. The Morgan fingerprint density at radius 3 is 2.53 bits per heavy atom. The van der Waals surface area contributed by atoms with Crippen LogP contribution in [0.5, 0.6) is 0 Å². The van der Waals surface area contributed by atoms with Crippen LogP contribution in [0.4, 0.5) is 0 Å². The normalized spacial score (nSPS) is 10.9. The molecule has 1 amide bonds. The van der Waals surface area contributed by atoms with Gasteiger partial charge in [-0.05, 0) is 22.3 Å². The molecule has 0 bridgehead atoms. The molecule has 0 heterocycles. The molecule has 0 radical (unpaired) electrons. The van der Waals surface area contributed by atoms with Crippen LogP contribution in [0.15, 0.2) is 42.5 Å². The van der Waals surface area contributed by atoms with Gasteiger partial charge in [-0.1, -0.05) is 56.3 Å². The Morgan fingerprint density at radius 1 is 1.11 bits per heavy atom. The van der Waals surface area contributed by atoms with Gasteiger partial charge in [0.15, 0.2) is 0 Å². The fourth-order valence-electron chi connectivity index (χ4n) is 2.28. The number of carbonyl (C=O) groups is 1. The molecular weight excluding hydrogens is 234 g/mol. The zero-order chi connectivity index (χ0) is 13.8. The summed E-state index contributed by atoms with van der Waals surface area (Å²) < 4.78 is 0. The smallest absolute Gasteiger partial charge is 0.222 e. The molecule has 0 aliphatic carbocycles. The van der Waals surface area contributed by atoms with Crippen LogP contribution in [0.2, 0.25) is 0 Å². The lowest BCUT2D eigenvalue weighted by Crippen LogP contribution is -2.27. The average Bonchev–Trinajstić information content (AvgIpc) is 2.38. The summed E-state index contributed by atoms with van der Waals surface area (Å²) in [4.78, 5) is 13.8. The Hall–Kier alpha value is -1.83. The van der Waals surface area contributed by atoms with Crippen molar-refractivity contribution in [3.05, 3.63) is 48.0 Å². The van der Waals surface area contributed by atoms with E-state index in [9.17, 15) is 4.79 Å². The standard InChI is InChI=1S/C17H21NO/c1-13(2)11-17(19)18(3)12-15-9-6-8-14-7-4-5-10-16(14)15/h4-10,13H,11-12H2,1-3H3. The van der Waals surface area contributed by atoms with Crippen LogP contribution in [-0.4, -0.2) is 17.9 Å². The van der Waals surface area contributed by atoms with Crippen molar-refractivity contribution in [2.75, 3.05) is 7.05 Å². The van der Waals surface area contributed by atoms with Gasteiger partial charge in [-0.25, -0.2) is 0 Å². The molecule has 19 heavy (non-hydrogen) atoms. The Kier molecular flexibility index (Phi) is 4.20. The van der Waals surface area contributed by atoms with E-state index in [2.05, 4.69) is 44.2 Å². The van der Waals surface area contributed by atoms with Crippen LogP contribution in [0.3, 0.4) is 0 Å². The predicted octanol–water partition coefficient (Wildman–Crippen LogP) is 3.84. The average molecular weight is 255 g/mol. The van der Waals surface area contributed by atoms with Gasteiger partial charge in [0.25, 0.3) is 0 Å². The second-order valence-electron chi connectivity index (χ2n) is 5.49. The highest BCUT2D eigenvalue weighted by molar-refractivity contribution is 5.86. The molecule has 2 aromatic rings. The van der Waals surface area contributed by atoms with Crippen molar-refractivity contribution >= 4 is 16.7 Å². The van der Waals surface area contributed by atoms with Gasteiger partial charge in [0.2, 0.25) is 5.91 Å². The third kappa shape index (κ3) is 3.34. The maximum absolute atomic E-state index is 12.0. The number of hydrogen-bond acceptors (Lipinski definition) is 1. The van der Waals surface area contributed by atoms with E-state index in [-0.39, 0.29) is 5.91 Å². The number of rotatable bonds is 4. The van der Waals surface area contributed by atoms with E-state index in [1.165, 1.54) is 16.3 Å². The van der Waals surface area contributed by atoms with Crippen molar-refractivity contribution in [2.24, 2.45) is 5.92 Å². The molecule has 0 aliphatic rings. The number of benzene rings is 2. The molecule has 0 aromatic heterocycles. The maximum Gasteiger partial charge on any atom is 0.222 e. The number of hydrogen-bond donors (Lipinski definition) is 0. The molecule has 0 unspecified atom stereocenters. The molecular formula is C17H21NO. The minimum atomic E-state index is 0.211. The minimum absolute atomic E-state index is 0.211. The lowest BCUT2D eigenvalue weighted by Gasteiger charge is -2.19. The Labute approximate surface area is 115 Å². The lowest BCUT2D eigenvalue weighted by atomic mass is 10.0. The summed E-state index contributed by atoms with van der Waals surface area (Å²) in [5.41, 5.74) is 1.21. The van der Waals surface area contributed by atoms with Crippen molar-refractivity contribution in [3.8, 4) is 0 Å². The topological polar surface area (TPSA) is 20.3 Å². The summed E-state index contributed by atoms with van der Waals surface area (Å²) in [5.74, 6) is 0.616. The van der Waals surface area contributed by atoms with Crippen LogP contribution < -0.4 is 0 Å². The van der Waals surface area contributed by atoms with Crippen molar-refractivity contribution in [2.45, 2.75) is 26.8 Å². The van der Waals surface area contributed by atoms with E-state index in [1.54, 1.807) is 0 Å². The first-order valence-electron chi connectivity index (χ1n) is 6.78. The number of fused-ring (bicyclic) bond motifs is 1. The third-order valence-electron chi connectivity index (χ3n) is 3.30. The summed E-state index contributed by atoms with van der Waals surface area (Å²) in [7, 11) is 1.88. The Balaban J connectivity index is 2.19. The van der Waals surface area contributed by atoms with E-state index in [1.807, 2.05) is 24.1 Å². The van der Waals surface area contributed by atoms with Crippen LogP contribution >= 0.6 is 0 Å². The maximum atomic E-state index is 12.0. The Bertz CT molecular complexity index is 569. The summed E-state index contributed by atoms with van der Waals surface area (Å²) in [6.45, 7) is 4.82. The molecule has 0 aliphatic heterocycles. The van der Waals surface area contributed by atoms with E-state index >= 15 is 0 Å². The lowest BCUT2D eigenvalue weighted by molar-refractivity contribution is -0.131. The third-order valence-corrected chi connectivity index (χ3v) is 3.30. The SMILES string of the molecule is CC(C)CC(=O)N(C)Cc1cccc2ccccc12. The van der Waals surface area contributed by atoms with Gasteiger partial charge in [0.05, 0.1) is 0 Å². The van der Waals surface area contributed by atoms with E-state index in [4.69, 9.17) is 0 Å². The number of amides is 1. The fourth-order valence-corrected chi connectivity index (χ4v) is 2.28. The highest BCUT2D eigenvalue weighted by atomic mass is 16.2. The van der Waals surface area contributed by atoms with Gasteiger partial charge in [-0.2, -0.15) is 0 Å². The molecule has 2 aromatic carbocycles. The first kappa shape index (κ1) is 13.6. The first-order valence-corrected chi connectivity index (χ1v) is 6.78. The molecule has 0 atom stereocenters. The van der Waals surface area contributed by atoms with E-state index in [0.717, 1.165) is 0 Å². The van der Waals surface area contributed by atoms with Crippen LogP contribution in [0.1, 0.15) is 25.8 Å². The van der Waals surface area contributed by atoms with E-state index in [0.29, 0.717) is 18.9 Å². The molecule has 0 N–H and O–H groups in total. The molecule has 100 valence electrons. The van der Waals surface area contributed by atoms with Crippen LogP contribution in [-0.2, 0) is 11.3 Å². The minimum Gasteiger partial charge on any atom is -0.341 e. The molecule has 2 heteroatoms. The van der Waals surface area contributed by atoms with Crippen molar-refractivity contribution < 1.29 is 4.79 Å². The van der Waals surface area contributed by atoms with E-state index < -0.39 is 0 Å². The highest BCUT2D eigenvalue weighted by Gasteiger charge is 2.12. The highest BCUT2D eigenvalue weighted by Crippen LogP contribution is 2.20. The van der Waals surface area contributed by atoms with Crippen molar-refractivity contribution in [1.82, 2.24) is 4.90 Å². The first-order chi connectivity index (χ1) is 9.08. The van der Waals surface area contributed by atoms with Gasteiger partial charge in [-0.3, -0.25) is 4.79 Å².